The van der Waals surface area contributed by atoms with Crippen molar-refractivity contribution in [3.05, 3.63) is 0 Å². The van der Waals surface area contributed by atoms with Crippen LogP contribution in [0.4, 0.5) is 0 Å². The number of likely N-dealkylation sites (tertiary alicyclic amines) is 1. The van der Waals surface area contributed by atoms with Crippen LogP contribution in [0.3, 0.4) is 0 Å². The molecule has 82 valence electrons. The van der Waals surface area contributed by atoms with Crippen LogP contribution in [0.1, 0.15) is 39.5 Å². The van der Waals surface area contributed by atoms with Crippen molar-refractivity contribution in [2.24, 2.45) is 0 Å². The van der Waals surface area contributed by atoms with Gasteiger partial charge in [-0.15, -0.1) is 0 Å². The third-order valence-corrected chi connectivity index (χ3v) is 5.00. The maximum absolute atomic E-state index is 7.83. The summed E-state index contributed by atoms with van der Waals surface area (Å²) in [5, 5.41) is 7.83. The zero-order valence-corrected chi connectivity index (χ0v) is 10.4. The summed E-state index contributed by atoms with van der Waals surface area (Å²) in [6.07, 6.45) is 6.77. The Kier molecular flexibility index (Phi) is 4.30. The lowest BCUT2D eigenvalue weighted by Crippen LogP contribution is -2.40. The molecule has 1 fully saturated rings. The predicted octanol–water partition coefficient (Wildman–Crippen LogP) is 2.98. The van der Waals surface area contributed by atoms with Gasteiger partial charge < -0.3 is 4.90 Å². The van der Waals surface area contributed by atoms with E-state index in [1.165, 1.54) is 19.3 Å². The average molecular weight is 214 g/mol. The molecule has 0 aliphatic carbocycles. The summed E-state index contributed by atoms with van der Waals surface area (Å²) in [4.78, 5) is 2.27. The number of nitrogens with zero attached hydrogens (tertiary/aromatic N) is 1. The van der Waals surface area contributed by atoms with E-state index in [0.29, 0.717) is 4.75 Å². The summed E-state index contributed by atoms with van der Waals surface area (Å²) in [7, 11) is 0. The maximum Gasteiger partial charge on any atom is 0.0958 e. The van der Waals surface area contributed by atoms with Crippen molar-refractivity contribution in [2.75, 3.05) is 19.3 Å². The first-order valence-electron chi connectivity index (χ1n) is 5.55. The molecule has 0 aromatic carbocycles. The fourth-order valence-corrected chi connectivity index (χ4v) is 2.94. The normalized spacial score (nSPS) is 17.9. The van der Waals surface area contributed by atoms with Crippen molar-refractivity contribution in [1.29, 1.82) is 5.41 Å². The van der Waals surface area contributed by atoms with Gasteiger partial charge in [-0.2, -0.15) is 11.8 Å². The molecule has 0 saturated carbocycles. The van der Waals surface area contributed by atoms with E-state index in [0.717, 1.165) is 25.3 Å². The van der Waals surface area contributed by atoms with Gasteiger partial charge >= 0.3 is 0 Å². The molecular weight excluding hydrogens is 192 g/mol. The van der Waals surface area contributed by atoms with Crippen LogP contribution in [-0.4, -0.2) is 34.8 Å². The molecule has 1 heterocycles. The van der Waals surface area contributed by atoms with Crippen LogP contribution in [0.2, 0.25) is 0 Å². The molecule has 0 spiro atoms. The summed E-state index contributed by atoms with van der Waals surface area (Å²) in [6.45, 7) is 6.69. The molecule has 0 amide bonds. The molecule has 0 aromatic rings. The second-order valence-corrected chi connectivity index (χ2v) is 5.34. The van der Waals surface area contributed by atoms with Gasteiger partial charge in [-0.25, -0.2) is 0 Å². The molecule has 0 atom stereocenters. The highest BCUT2D eigenvalue weighted by molar-refractivity contribution is 8.00. The lowest BCUT2D eigenvalue weighted by Gasteiger charge is -2.34. The Morgan fingerprint density at radius 2 is 2.07 bits per heavy atom. The molecule has 1 N–H and O–H groups in total. The van der Waals surface area contributed by atoms with Crippen LogP contribution in [0.5, 0.6) is 0 Å². The quantitative estimate of drug-likeness (QED) is 0.761. The fraction of sp³-hybridized carbons (Fsp3) is 0.909. The van der Waals surface area contributed by atoms with Gasteiger partial charge in [0, 0.05) is 24.3 Å². The minimum atomic E-state index is 0.372. The Morgan fingerprint density at radius 3 is 2.43 bits per heavy atom. The minimum absolute atomic E-state index is 0.372. The monoisotopic (exact) mass is 214 g/mol. The van der Waals surface area contributed by atoms with Gasteiger partial charge in [0.25, 0.3) is 0 Å². The van der Waals surface area contributed by atoms with Crippen molar-refractivity contribution < 1.29 is 0 Å². The molecule has 0 unspecified atom stereocenters. The van der Waals surface area contributed by atoms with E-state index < -0.39 is 0 Å². The third-order valence-electron chi connectivity index (χ3n) is 3.42. The molecule has 0 bridgehead atoms. The van der Waals surface area contributed by atoms with Crippen LogP contribution < -0.4 is 0 Å². The molecular formula is C11H22N2S. The highest BCUT2D eigenvalue weighted by Crippen LogP contribution is 2.32. The van der Waals surface area contributed by atoms with Crippen molar-refractivity contribution in [2.45, 2.75) is 44.3 Å². The molecule has 1 rings (SSSR count). The first kappa shape index (κ1) is 11.9. The average Bonchev–Trinajstić information content (AvgIpc) is 2.61. The number of thioether (sulfide) groups is 1. The van der Waals surface area contributed by atoms with E-state index in [-0.39, 0.29) is 0 Å². The summed E-state index contributed by atoms with van der Waals surface area (Å²) >= 11 is 1.97. The van der Waals surface area contributed by atoms with Gasteiger partial charge in [-0.3, -0.25) is 5.41 Å². The Labute approximate surface area is 92.0 Å². The minimum Gasteiger partial charge on any atom is -0.359 e. The van der Waals surface area contributed by atoms with Gasteiger partial charge in [-0.1, -0.05) is 13.8 Å². The summed E-state index contributed by atoms with van der Waals surface area (Å²) in [5.74, 6) is 0.852. The molecule has 14 heavy (non-hydrogen) atoms. The van der Waals surface area contributed by atoms with Gasteiger partial charge in [0.2, 0.25) is 0 Å². The van der Waals surface area contributed by atoms with Crippen LogP contribution >= 0.6 is 11.8 Å². The van der Waals surface area contributed by atoms with Crippen molar-refractivity contribution in [3.8, 4) is 0 Å². The van der Waals surface area contributed by atoms with Gasteiger partial charge in [0.05, 0.1) is 5.84 Å². The Bertz CT molecular complexity index is 191. The number of rotatable bonds is 5. The fourth-order valence-electron chi connectivity index (χ4n) is 2.08. The number of nitrogens with one attached hydrogen (secondary N) is 1. The van der Waals surface area contributed by atoms with E-state index in [9.17, 15) is 0 Å². The molecule has 2 nitrogen and oxygen atoms in total. The van der Waals surface area contributed by atoms with E-state index in [4.69, 9.17) is 5.41 Å². The Hall–Kier alpha value is -0.180. The van der Waals surface area contributed by atoms with Gasteiger partial charge in [0.15, 0.2) is 0 Å². The van der Waals surface area contributed by atoms with Crippen molar-refractivity contribution in [3.63, 3.8) is 0 Å². The third kappa shape index (κ3) is 2.44. The van der Waals surface area contributed by atoms with Gasteiger partial charge in [0.1, 0.15) is 0 Å². The second-order valence-electron chi connectivity index (χ2n) is 4.07. The maximum atomic E-state index is 7.83. The Balaban J connectivity index is 2.58. The summed E-state index contributed by atoms with van der Waals surface area (Å²) in [6, 6.07) is 0. The molecule has 3 heteroatoms. The van der Waals surface area contributed by atoms with E-state index >= 15 is 0 Å². The topological polar surface area (TPSA) is 27.1 Å². The van der Waals surface area contributed by atoms with E-state index in [1.807, 2.05) is 11.8 Å². The highest BCUT2D eigenvalue weighted by atomic mass is 32.2. The zero-order chi connectivity index (χ0) is 10.6. The largest absolute Gasteiger partial charge is 0.359 e. The zero-order valence-electron chi connectivity index (χ0n) is 9.60. The molecule has 1 aliphatic rings. The van der Waals surface area contributed by atoms with Crippen LogP contribution in [0.15, 0.2) is 0 Å². The lowest BCUT2D eigenvalue weighted by molar-refractivity contribution is 0.370. The predicted molar refractivity (Wildman–Crippen MR) is 65.4 cm³/mol. The molecule has 0 aromatic heterocycles. The highest BCUT2D eigenvalue weighted by Gasteiger charge is 2.30. The number of hydrogen-bond donors (Lipinski definition) is 1. The standard InChI is InChI=1S/C11H22N2S/c1-4-11(5-2,14-3)9-13-8-6-7-10(13)12/h12H,4-9H2,1-3H3. The first-order valence-corrected chi connectivity index (χ1v) is 6.77. The van der Waals surface area contributed by atoms with Gasteiger partial charge in [-0.05, 0) is 25.5 Å². The molecule has 0 radical (unpaired) electrons. The first-order chi connectivity index (χ1) is 6.67. The van der Waals surface area contributed by atoms with Crippen molar-refractivity contribution >= 4 is 17.6 Å². The Morgan fingerprint density at radius 1 is 1.43 bits per heavy atom. The molecule has 1 aliphatic heterocycles. The smallest absolute Gasteiger partial charge is 0.0958 e. The lowest BCUT2D eigenvalue weighted by atomic mass is 10.0. The van der Waals surface area contributed by atoms with Crippen LogP contribution in [0, 0.1) is 5.41 Å². The van der Waals surface area contributed by atoms with E-state index in [2.05, 4.69) is 25.0 Å². The van der Waals surface area contributed by atoms with E-state index in [1.54, 1.807) is 0 Å². The summed E-state index contributed by atoms with van der Waals surface area (Å²) < 4.78 is 0.372. The molecule has 1 saturated heterocycles. The summed E-state index contributed by atoms with van der Waals surface area (Å²) in [5.41, 5.74) is 0. The SMILES string of the molecule is CCC(CC)(CN1CCCC1=N)SC. The van der Waals surface area contributed by atoms with Crippen LogP contribution in [-0.2, 0) is 0 Å². The van der Waals surface area contributed by atoms with Crippen LogP contribution in [0.25, 0.3) is 0 Å². The second kappa shape index (κ2) is 5.06. The number of amidine groups is 1. The number of hydrogen-bond acceptors (Lipinski definition) is 2. The van der Waals surface area contributed by atoms with Crippen molar-refractivity contribution in [1.82, 2.24) is 4.90 Å².